The van der Waals surface area contributed by atoms with E-state index < -0.39 is 18.3 Å². The van der Waals surface area contributed by atoms with Gasteiger partial charge < -0.3 is 0 Å². The van der Waals surface area contributed by atoms with Crippen LogP contribution in [-0.4, -0.2) is 35.2 Å². The van der Waals surface area contributed by atoms with Gasteiger partial charge in [-0.1, -0.05) is 11.3 Å². The fraction of sp³-hybridized carbons (Fsp3) is 0.167. The van der Waals surface area contributed by atoms with Gasteiger partial charge in [-0.25, -0.2) is 24.0 Å². The third kappa shape index (κ3) is 3.68. The van der Waals surface area contributed by atoms with Crippen LogP contribution in [-0.2, 0) is 0 Å². The molecule has 3 aromatic heterocycles. The number of hydrogen-bond acceptors (Lipinski definition) is 6. The van der Waals surface area contributed by atoms with E-state index in [1.165, 1.54) is 41.3 Å². The molecule has 8 nitrogen and oxygen atoms in total. The van der Waals surface area contributed by atoms with E-state index in [1.54, 1.807) is 13.8 Å². The predicted octanol–water partition coefficient (Wildman–Crippen LogP) is 3.99. The lowest BCUT2D eigenvalue weighted by Gasteiger charge is -2.04. The van der Waals surface area contributed by atoms with Gasteiger partial charge in [0.05, 0.1) is 16.3 Å². The van der Waals surface area contributed by atoms with Crippen molar-refractivity contribution in [3.8, 4) is 16.4 Å². The van der Waals surface area contributed by atoms with Crippen molar-refractivity contribution in [3.63, 3.8) is 0 Å². The largest absolute Gasteiger partial charge is 0.320 e. The maximum atomic E-state index is 13.1. The molecule has 0 aliphatic rings. The molecule has 4 aromatic rings. The molecule has 1 amide bonds. The van der Waals surface area contributed by atoms with Crippen molar-refractivity contribution < 1.29 is 18.0 Å². The van der Waals surface area contributed by atoms with Gasteiger partial charge in [-0.2, -0.15) is 8.78 Å². The molecule has 0 radical (unpaired) electrons. The van der Waals surface area contributed by atoms with Crippen molar-refractivity contribution in [1.82, 2.24) is 29.3 Å². The highest BCUT2D eigenvalue weighted by Crippen LogP contribution is 2.33. The molecule has 0 aliphatic heterocycles. The number of alkyl halides is 2. The predicted molar refractivity (Wildman–Crippen MR) is 103 cm³/mol. The SMILES string of the molecule is Cc1nc(NC(=O)c2nc(C)n(-c3ccc(F)cc3)n2)sc1-c1nccn1C(F)F. The number of rotatable bonds is 5. The number of carbonyl (C=O) groups is 1. The zero-order chi connectivity index (χ0) is 21.4. The number of imidazole rings is 1. The van der Waals surface area contributed by atoms with Gasteiger partial charge in [-0.15, -0.1) is 5.10 Å². The average Bonchev–Trinajstić information content (AvgIpc) is 3.41. The van der Waals surface area contributed by atoms with E-state index >= 15 is 0 Å². The molecule has 0 aliphatic carbocycles. The molecule has 1 aromatic carbocycles. The van der Waals surface area contributed by atoms with Gasteiger partial charge in [0.1, 0.15) is 11.6 Å². The summed E-state index contributed by atoms with van der Waals surface area (Å²) in [5.74, 6) is -0.620. The summed E-state index contributed by atoms with van der Waals surface area (Å²) in [5.41, 5.74) is 0.996. The first-order chi connectivity index (χ1) is 14.3. The molecule has 4 rings (SSSR count). The number of carbonyl (C=O) groups excluding carboxylic acids is 1. The fourth-order valence-electron chi connectivity index (χ4n) is 2.77. The Labute approximate surface area is 172 Å². The lowest BCUT2D eigenvalue weighted by molar-refractivity contribution is 0.0720. The number of anilines is 1. The Hall–Kier alpha value is -3.54. The molecule has 0 spiro atoms. The summed E-state index contributed by atoms with van der Waals surface area (Å²) < 4.78 is 41.5. The Morgan fingerprint density at radius 3 is 2.60 bits per heavy atom. The number of nitrogens with one attached hydrogen (secondary N) is 1. The number of amides is 1. The van der Waals surface area contributed by atoms with Crippen molar-refractivity contribution in [2.45, 2.75) is 20.4 Å². The molecule has 12 heteroatoms. The van der Waals surface area contributed by atoms with Crippen LogP contribution in [0.15, 0.2) is 36.7 Å². The second-order valence-electron chi connectivity index (χ2n) is 6.19. The lowest BCUT2D eigenvalue weighted by Crippen LogP contribution is -2.14. The van der Waals surface area contributed by atoms with E-state index in [4.69, 9.17) is 0 Å². The lowest BCUT2D eigenvalue weighted by atomic mass is 10.3. The van der Waals surface area contributed by atoms with Crippen LogP contribution in [0.1, 0.15) is 28.7 Å². The summed E-state index contributed by atoms with van der Waals surface area (Å²) in [6.45, 7) is 0.547. The molecular formula is C18H14F3N7OS. The molecule has 0 saturated heterocycles. The number of aryl methyl sites for hydroxylation is 2. The highest BCUT2D eigenvalue weighted by Gasteiger charge is 2.21. The van der Waals surface area contributed by atoms with E-state index in [-0.39, 0.29) is 16.8 Å². The summed E-state index contributed by atoms with van der Waals surface area (Å²) in [5, 5.41) is 6.93. The van der Waals surface area contributed by atoms with Crippen molar-refractivity contribution in [1.29, 1.82) is 0 Å². The third-order valence-corrected chi connectivity index (χ3v) is 5.21. The maximum absolute atomic E-state index is 13.1. The molecule has 3 heterocycles. The minimum absolute atomic E-state index is 0.0649. The number of nitrogens with zero attached hydrogens (tertiary/aromatic N) is 6. The van der Waals surface area contributed by atoms with Crippen LogP contribution in [0.25, 0.3) is 16.4 Å². The van der Waals surface area contributed by atoms with Crippen LogP contribution < -0.4 is 5.32 Å². The van der Waals surface area contributed by atoms with Crippen LogP contribution in [0, 0.1) is 19.7 Å². The summed E-state index contributed by atoms with van der Waals surface area (Å²) >= 11 is 1.02. The number of thiazole rings is 1. The van der Waals surface area contributed by atoms with Crippen molar-refractivity contribution in [2.24, 2.45) is 0 Å². The monoisotopic (exact) mass is 433 g/mol. The average molecular weight is 433 g/mol. The van der Waals surface area contributed by atoms with Crippen molar-refractivity contribution in [2.75, 3.05) is 5.32 Å². The molecule has 0 saturated carbocycles. The molecule has 0 bridgehead atoms. The topological polar surface area (TPSA) is 90.5 Å². The minimum Gasteiger partial charge on any atom is -0.295 e. The minimum atomic E-state index is -2.75. The highest BCUT2D eigenvalue weighted by molar-refractivity contribution is 7.19. The van der Waals surface area contributed by atoms with Crippen LogP contribution in [0.2, 0.25) is 0 Å². The Balaban J connectivity index is 1.57. The standard InChI is InChI=1S/C18H14F3N7OS/c1-9-13(15-22-7-8-27(15)17(20)21)30-18(23-9)25-16(29)14-24-10(2)28(26-14)12-5-3-11(19)4-6-12/h3-8,17H,1-2H3,(H,23,25,29). The van der Waals surface area contributed by atoms with Gasteiger partial charge in [-0.3, -0.25) is 14.7 Å². The van der Waals surface area contributed by atoms with Crippen LogP contribution in [0.5, 0.6) is 0 Å². The van der Waals surface area contributed by atoms with E-state index in [1.807, 2.05) is 0 Å². The molecule has 0 atom stereocenters. The first kappa shape index (κ1) is 19.8. The number of hydrogen-bond donors (Lipinski definition) is 1. The van der Waals surface area contributed by atoms with Gasteiger partial charge in [0, 0.05) is 12.4 Å². The zero-order valence-electron chi connectivity index (χ0n) is 15.7. The normalized spacial score (nSPS) is 11.3. The van der Waals surface area contributed by atoms with Crippen molar-refractivity contribution >= 4 is 22.4 Å². The molecule has 1 N–H and O–H groups in total. The van der Waals surface area contributed by atoms with Crippen LogP contribution >= 0.6 is 11.3 Å². The molecular weight excluding hydrogens is 419 g/mol. The van der Waals surface area contributed by atoms with Crippen molar-refractivity contribution in [3.05, 3.63) is 59.8 Å². The summed E-state index contributed by atoms with van der Waals surface area (Å²) in [6.07, 6.45) is 2.44. The van der Waals surface area contributed by atoms with E-state index in [0.29, 0.717) is 22.1 Å². The Morgan fingerprint density at radius 2 is 1.90 bits per heavy atom. The quantitative estimate of drug-likeness (QED) is 0.514. The van der Waals surface area contributed by atoms with Gasteiger partial charge in [-0.05, 0) is 38.1 Å². The van der Waals surface area contributed by atoms with Gasteiger partial charge in [0.2, 0.25) is 5.82 Å². The Bertz CT molecular complexity index is 1210. The van der Waals surface area contributed by atoms with Crippen LogP contribution in [0.4, 0.5) is 18.3 Å². The first-order valence-corrected chi connectivity index (χ1v) is 9.45. The van der Waals surface area contributed by atoms with E-state index in [2.05, 4.69) is 25.4 Å². The maximum Gasteiger partial charge on any atom is 0.320 e. The van der Waals surface area contributed by atoms with Gasteiger partial charge in [0.25, 0.3) is 5.91 Å². The third-order valence-electron chi connectivity index (χ3n) is 4.14. The van der Waals surface area contributed by atoms with E-state index in [0.717, 1.165) is 15.9 Å². The van der Waals surface area contributed by atoms with Gasteiger partial charge >= 0.3 is 6.55 Å². The number of aromatic nitrogens is 6. The fourth-order valence-corrected chi connectivity index (χ4v) is 3.73. The molecule has 154 valence electrons. The summed E-state index contributed by atoms with van der Waals surface area (Å²) in [6, 6.07) is 5.58. The molecule has 30 heavy (non-hydrogen) atoms. The number of benzene rings is 1. The summed E-state index contributed by atoms with van der Waals surface area (Å²) in [4.78, 5) is 25.3. The Morgan fingerprint density at radius 1 is 1.17 bits per heavy atom. The molecule has 0 fully saturated rings. The highest BCUT2D eigenvalue weighted by atomic mass is 32.1. The molecule has 0 unspecified atom stereocenters. The second kappa shape index (κ2) is 7.71. The van der Waals surface area contributed by atoms with Gasteiger partial charge in [0.15, 0.2) is 11.0 Å². The van der Waals surface area contributed by atoms with Crippen LogP contribution in [0.3, 0.4) is 0 Å². The summed E-state index contributed by atoms with van der Waals surface area (Å²) in [7, 11) is 0. The van der Waals surface area contributed by atoms with E-state index in [9.17, 15) is 18.0 Å². The zero-order valence-corrected chi connectivity index (χ0v) is 16.5. The number of halogens is 3. The first-order valence-electron chi connectivity index (χ1n) is 8.63. The second-order valence-corrected chi connectivity index (χ2v) is 7.19. The smallest absolute Gasteiger partial charge is 0.295 e. The Kier molecular flexibility index (Phi) is 5.08.